The number of ether oxygens (including phenoxy) is 2. The van der Waals surface area contributed by atoms with Crippen molar-refractivity contribution in [2.24, 2.45) is 0 Å². The van der Waals surface area contributed by atoms with Crippen LogP contribution in [-0.4, -0.2) is 67.4 Å². The summed E-state index contributed by atoms with van der Waals surface area (Å²) < 4.78 is 10.9. The third-order valence-corrected chi connectivity index (χ3v) is 5.86. The highest BCUT2D eigenvalue weighted by Crippen LogP contribution is 2.44. The molecule has 34 heavy (non-hydrogen) atoms. The van der Waals surface area contributed by atoms with Gasteiger partial charge in [-0.05, 0) is 28.7 Å². The Morgan fingerprint density at radius 2 is 1.59 bits per heavy atom. The van der Waals surface area contributed by atoms with E-state index in [1.807, 2.05) is 36.4 Å². The number of fused-ring (bicyclic) bond motifs is 3. The molecule has 1 fully saturated rings. The molecule has 0 radical (unpaired) electrons. The predicted octanol–water partition coefficient (Wildman–Crippen LogP) is 1.000. The summed E-state index contributed by atoms with van der Waals surface area (Å²) in [7, 11) is 0. The number of hydrogen-bond donors (Lipinski definition) is 4. The summed E-state index contributed by atoms with van der Waals surface area (Å²) >= 11 is 0. The summed E-state index contributed by atoms with van der Waals surface area (Å²) in [5, 5.41) is 15.8. The summed E-state index contributed by atoms with van der Waals surface area (Å²) in [4.78, 5) is 47.0. The number of carbonyl (C=O) groups is 4. The molecule has 4 N–H and O–H groups in total. The summed E-state index contributed by atoms with van der Waals surface area (Å²) in [5.41, 5.74) is 4.44. The fourth-order valence-electron chi connectivity index (χ4n) is 4.29. The van der Waals surface area contributed by atoms with Crippen LogP contribution < -0.4 is 16.0 Å². The van der Waals surface area contributed by atoms with Gasteiger partial charge in [0.15, 0.2) is 6.10 Å². The first kappa shape index (κ1) is 23.2. The number of aliphatic carboxylic acids is 1. The second-order valence-electron chi connectivity index (χ2n) is 8.04. The zero-order valence-electron chi connectivity index (χ0n) is 18.3. The third-order valence-electron chi connectivity index (χ3n) is 5.86. The number of carboxylic acids is 1. The van der Waals surface area contributed by atoms with Crippen molar-refractivity contribution in [1.29, 1.82) is 0 Å². The Morgan fingerprint density at radius 1 is 0.941 bits per heavy atom. The number of amides is 3. The molecule has 0 unspecified atom stereocenters. The standard InChI is InChI=1S/C24H25N3O7/c28-20(25-12-21(29)30)11-26-23(31)22-19(9-10-33-22)27-24(32)34-13-18-16-7-3-1-5-14(16)15-6-2-4-8-17(15)18/h1-8,18-19,22H,9-13H2,(H,25,28)(H,26,31)(H,27,32)(H,29,30)/t19-,22+/m1/s1. The summed E-state index contributed by atoms with van der Waals surface area (Å²) in [6.07, 6.45) is -1.23. The van der Waals surface area contributed by atoms with Crippen molar-refractivity contribution in [2.75, 3.05) is 26.3 Å². The molecule has 1 saturated heterocycles. The van der Waals surface area contributed by atoms with Crippen molar-refractivity contribution in [2.45, 2.75) is 24.5 Å². The molecule has 2 aromatic carbocycles. The molecule has 1 aliphatic carbocycles. The zero-order chi connectivity index (χ0) is 24.1. The molecule has 2 aromatic rings. The summed E-state index contributed by atoms with van der Waals surface area (Å²) in [5.74, 6) is -2.49. The molecule has 10 nitrogen and oxygen atoms in total. The molecule has 0 saturated carbocycles. The topological polar surface area (TPSA) is 143 Å². The average molecular weight is 467 g/mol. The fraction of sp³-hybridized carbons (Fsp3) is 0.333. The van der Waals surface area contributed by atoms with Crippen LogP contribution in [0.2, 0.25) is 0 Å². The molecule has 0 spiro atoms. The molecule has 2 aliphatic rings. The molecule has 1 aliphatic heterocycles. The van der Waals surface area contributed by atoms with Gasteiger partial charge in [0.05, 0.1) is 12.6 Å². The Bertz CT molecular complexity index is 1060. The van der Waals surface area contributed by atoms with Gasteiger partial charge in [0.25, 0.3) is 5.91 Å². The van der Waals surface area contributed by atoms with Gasteiger partial charge in [-0.1, -0.05) is 48.5 Å². The van der Waals surface area contributed by atoms with Crippen LogP contribution in [0.3, 0.4) is 0 Å². The lowest BCUT2D eigenvalue weighted by atomic mass is 9.98. The van der Waals surface area contributed by atoms with Crippen molar-refractivity contribution >= 4 is 23.9 Å². The van der Waals surface area contributed by atoms with Gasteiger partial charge < -0.3 is 30.5 Å². The van der Waals surface area contributed by atoms with Crippen molar-refractivity contribution in [1.82, 2.24) is 16.0 Å². The average Bonchev–Trinajstić information content (AvgIpc) is 3.42. The molecule has 2 atom stereocenters. The fourth-order valence-corrected chi connectivity index (χ4v) is 4.29. The van der Waals surface area contributed by atoms with E-state index in [1.54, 1.807) is 0 Å². The monoisotopic (exact) mass is 467 g/mol. The SMILES string of the molecule is O=C(O)CNC(=O)CNC(=O)[C@H]1OCC[C@H]1NC(=O)OCC1c2ccccc2-c2ccccc21. The highest BCUT2D eigenvalue weighted by atomic mass is 16.6. The molecule has 1 heterocycles. The number of hydrogen-bond acceptors (Lipinski definition) is 6. The maximum Gasteiger partial charge on any atom is 0.407 e. The number of alkyl carbamates (subject to hydrolysis) is 1. The van der Waals surface area contributed by atoms with E-state index in [1.165, 1.54) is 0 Å². The van der Waals surface area contributed by atoms with Gasteiger partial charge in [-0.15, -0.1) is 0 Å². The number of benzene rings is 2. The highest BCUT2D eigenvalue weighted by Gasteiger charge is 2.36. The first-order valence-corrected chi connectivity index (χ1v) is 10.9. The van der Waals surface area contributed by atoms with Crippen LogP contribution in [0.4, 0.5) is 4.79 Å². The molecule has 3 amide bonds. The molecular weight excluding hydrogens is 442 g/mol. The van der Waals surface area contributed by atoms with E-state index in [0.29, 0.717) is 6.42 Å². The molecular formula is C24H25N3O7. The Balaban J connectivity index is 1.30. The van der Waals surface area contributed by atoms with Crippen LogP contribution in [0.25, 0.3) is 11.1 Å². The quantitative estimate of drug-likeness (QED) is 0.454. The molecule has 0 aromatic heterocycles. The number of carbonyl (C=O) groups excluding carboxylic acids is 3. The van der Waals surface area contributed by atoms with Crippen LogP contribution in [0, 0.1) is 0 Å². The third kappa shape index (κ3) is 5.18. The maximum atomic E-state index is 12.5. The minimum absolute atomic E-state index is 0.0820. The van der Waals surface area contributed by atoms with Gasteiger partial charge in [-0.3, -0.25) is 14.4 Å². The van der Waals surface area contributed by atoms with Gasteiger partial charge in [0.1, 0.15) is 13.2 Å². The van der Waals surface area contributed by atoms with E-state index >= 15 is 0 Å². The molecule has 4 rings (SSSR count). The highest BCUT2D eigenvalue weighted by molar-refractivity contribution is 5.89. The molecule has 178 valence electrons. The van der Waals surface area contributed by atoms with Crippen LogP contribution in [0.5, 0.6) is 0 Å². The largest absolute Gasteiger partial charge is 0.480 e. The maximum absolute atomic E-state index is 12.5. The van der Waals surface area contributed by atoms with Gasteiger partial charge in [-0.25, -0.2) is 4.79 Å². The smallest absolute Gasteiger partial charge is 0.407 e. The van der Waals surface area contributed by atoms with Crippen molar-refractivity contribution in [3.8, 4) is 11.1 Å². The van der Waals surface area contributed by atoms with Gasteiger partial charge >= 0.3 is 12.1 Å². The van der Waals surface area contributed by atoms with Crippen LogP contribution >= 0.6 is 0 Å². The lowest BCUT2D eigenvalue weighted by Gasteiger charge is -2.20. The van der Waals surface area contributed by atoms with E-state index in [-0.39, 0.29) is 19.1 Å². The summed E-state index contributed by atoms with van der Waals surface area (Å²) in [6, 6.07) is 15.4. The van der Waals surface area contributed by atoms with E-state index in [2.05, 4.69) is 28.1 Å². The van der Waals surface area contributed by atoms with E-state index in [9.17, 15) is 19.2 Å². The Labute approximate surface area is 195 Å². The van der Waals surface area contributed by atoms with Gasteiger partial charge in [0.2, 0.25) is 5.91 Å². The molecule has 0 bridgehead atoms. The first-order chi connectivity index (χ1) is 16.4. The number of rotatable bonds is 8. The lowest BCUT2D eigenvalue weighted by Crippen LogP contribution is -2.50. The number of carboxylic acid groups (broad SMARTS) is 1. The second kappa shape index (κ2) is 10.3. The van der Waals surface area contributed by atoms with E-state index in [0.717, 1.165) is 22.3 Å². The van der Waals surface area contributed by atoms with Crippen LogP contribution in [-0.2, 0) is 23.9 Å². The minimum Gasteiger partial charge on any atom is -0.480 e. The molecule has 10 heteroatoms. The second-order valence-corrected chi connectivity index (χ2v) is 8.04. The van der Waals surface area contributed by atoms with E-state index in [4.69, 9.17) is 14.6 Å². The van der Waals surface area contributed by atoms with Gasteiger partial charge in [0, 0.05) is 12.5 Å². The lowest BCUT2D eigenvalue weighted by molar-refractivity contribution is -0.138. The Hall–Kier alpha value is -3.92. The van der Waals surface area contributed by atoms with Crippen molar-refractivity contribution in [3.63, 3.8) is 0 Å². The number of nitrogens with one attached hydrogen (secondary N) is 3. The van der Waals surface area contributed by atoms with Crippen LogP contribution in [0.15, 0.2) is 48.5 Å². The normalized spacial score (nSPS) is 18.5. The predicted molar refractivity (Wildman–Crippen MR) is 120 cm³/mol. The van der Waals surface area contributed by atoms with Crippen LogP contribution in [0.1, 0.15) is 23.5 Å². The van der Waals surface area contributed by atoms with Crippen molar-refractivity contribution in [3.05, 3.63) is 59.7 Å². The Morgan fingerprint density at radius 3 is 2.24 bits per heavy atom. The Kier molecular flexibility index (Phi) is 7.07. The minimum atomic E-state index is -1.19. The summed E-state index contributed by atoms with van der Waals surface area (Å²) in [6.45, 7) is -0.532. The van der Waals surface area contributed by atoms with E-state index < -0.39 is 49.1 Å². The zero-order valence-corrected chi connectivity index (χ0v) is 18.3. The van der Waals surface area contributed by atoms with Crippen molar-refractivity contribution < 1.29 is 33.8 Å². The van der Waals surface area contributed by atoms with Gasteiger partial charge in [-0.2, -0.15) is 0 Å². The first-order valence-electron chi connectivity index (χ1n) is 10.9.